The van der Waals surface area contributed by atoms with Gasteiger partial charge in [0.1, 0.15) is 6.04 Å². The van der Waals surface area contributed by atoms with Crippen molar-refractivity contribution in [3.05, 3.63) is 59.2 Å². The van der Waals surface area contributed by atoms with Crippen LogP contribution in [0.4, 0.5) is 5.69 Å². The van der Waals surface area contributed by atoms with Crippen molar-refractivity contribution in [2.75, 3.05) is 11.9 Å². The molecule has 1 atom stereocenters. The predicted molar refractivity (Wildman–Crippen MR) is 128 cm³/mol. The fraction of sp³-hybridized carbons (Fsp3) is 0.400. The summed E-state index contributed by atoms with van der Waals surface area (Å²) >= 11 is 0. The minimum Gasteiger partial charge on any atom is -0.349 e. The summed E-state index contributed by atoms with van der Waals surface area (Å²) in [5.74, 6) is -0.761. The maximum absolute atomic E-state index is 13.4. The van der Waals surface area contributed by atoms with Gasteiger partial charge in [0.05, 0.1) is 4.90 Å². The highest BCUT2D eigenvalue weighted by atomic mass is 32.2. The molecule has 0 aromatic heterocycles. The molecule has 8 nitrogen and oxygen atoms in total. The van der Waals surface area contributed by atoms with E-state index in [4.69, 9.17) is 0 Å². The summed E-state index contributed by atoms with van der Waals surface area (Å²) in [6, 6.07) is 10.2. The number of carbonyl (C=O) groups is 3. The number of Topliss-reactive ketones (excluding diaryl/α,β-unsaturated/α-hetero) is 1. The lowest BCUT2D eigenvalue weighted by molar-refractivity contribution is -0.120. The van der Waals surface area contributed by atoms with E-state index < -0.39 is 22.0 Å². The van der Waals surface area contributed by atoms with Crippen LogP contribution in [0.25, 0.3) is 0 Å². The van der Waals surface area contributed by atoms with Crippen molar-refractivity contribution in [3.8, 4) is 0 Å². The van der Waals surface area contributed by atoms with Gasteiger partial charge in [-0.3, -0.25) is 14.4 Å². The van der Waals surface area contributed by atoms with E-state index in [1.165, 1.54) is 35.5 Å². The van der Waals surface area contributed by atoms with Gasteiger partial charge >= 0.3 is 0 Å². The minimum atomic E-state index is -3.93. The van der Waals surface area contributed by atoms with Crippen molar-refractivity contribution in [2.45, 2.75) is 62.9 Å². The Hall–Kier alpha value is -3.04. The first-order valence-electron chi connectivity index (χ1n) is 11.5. The smallest absolute Gasteiger partial charge is 0.251 e. The molecule has 2 amide bonds. The highest BCUT2D eigenvalue weighted by Gasteiger charge is 2.38. The summed E-state index contributed by atoms with van der Waals surface area (Å²) < 4.78 is 28.0. The molecule has 0 radical (unpaired) electrons. The monoisotopic (exact) mass is 483 g/mol. The zero-order valence-electron chi connectivity index (χ0n) is 19.3. The Balaban J connectivity index is 1.54. The van der Waals surface area contributed by atoms with E-state index in [0.29, 0.717) is 29.7 Å². The van der Waals surface area contributed by atoms with Gasteiger partial charge in [0.15, 0.2) is 5.78 Å². The summed E-state index contributed by atoms with van der Waals surface area (Å²) in [7, 11) is -3.93. The number of aryl methyl sites for hydroxylation is 1. The van der Waals surface area contributed by atoms with E-state index in [1.54, 1.807) is 18.2 Å². The molecule has 2 N–H and O–H groups in total. The molecular weight excluding hydrogens is 454 g/mol. The van der Waals surface area contributed by atoms with Gasteiger partial charge in [-0.2, -0.15) is 4.31 Å². The van der Waals surface area contributed by atoms with Crippen molar-refractivity contribution in [3.63, 3.8) is 0 Å². The van der Waals surface area contributed by atoms with Crippen LogP contribution in [0.3, 0.4) is 0 Å². The molecule has 34 heavy (non-hydrogen) atoms. The van der Waals surface area contributed by atoms with Crippen molar-refractivity contribution in [1.29, 1.82) is 0 Å². The molecule has 1 aliphatic carbocycles. The second-order valence-corrected chi connectivity index (χ2v) is 10.9. The first-order chi connectivity index (χ1) is 16.2. The zero-order chi connectivity index (χ0) is 24.5. The van der Waals surface area contributed by atoms with E-state index in [1.807, 2.05) is 6.92 Å². The Bertz CT molecular complexity index is 1220. The van der Waals surface area contributed by atoms with Gasteiger partial charge in [0, 0.05) is 29.4 Å². The Morgan fingerprint density at radius 2 is 1.62 bits per heavy atom. The molecule has 2 aromatic carbocycles. The minimum absolute atomic E-state index is 0.0483. The van der Waals surface area contributed by atoms with Crippen LogP contribution in [0.2, 0.25) is 0 Å². The Morgan fingerprint density at radius 1 is 0.941 bits per heavy atom. The number of nitrogens with one attached hydrogen (secondary N) is 2. The number of anilines is 1. The normalized spacial score (nSPS) is 18.8. The first kappa shape index (κ1) is 24.1. The number of amides is 2. The summed E-state index contributed by atoms with van der Waals surface area (Å²) in [4.78, 5) is 37.3. The molecular formula is C25H29N3O5S. The van der Waals surface area contributed by atoms with E-state index >= 15 is 0 Å². The fourth-order valence-electron chi connectivity index (χ4n) is 4.06. The number of sulfonamides is 1. The topological polar surface area (TPSA) is 113 Å². The molecule has 0 spiro atoms. The molecule has 1 aliphatic heterocycles. The standard InChI is InChI=1S/C25H29N3O5S/c1-16-6-7-19(24(30)26-20-10-11-20)15-22(16)27-25(31)23-5-3-4-14-28(23)34(32,33)21-12-8-18(9-13-21)17(2)29/h6-9,12-13,15,20,23H,3-5,10-11,14H2,1-2H3,(H,26,30)(H,27,31). The maximum Gasteiger partial charge on any atom is 0.251 e. The molecule has 1 saturated heterocycles. The maximum atomic E-state index is 13.4. The molecule has 1 unspecified atom stereocenters. The van der Waals surface area contributed by atoms with Gasteiger partial charge in [-0.25, -0.2) is 8.42 Å². The van der Waals surface area contributed by atoms with Gasteiger partial charge in [0.2, 0.25) is 15.9 Å². The molecule has 9 heteroatoms. The van der Waals surface area contributed by atoms with Gasteiger partial charge in [-0.05, 0) is 69.4 Å². The summed E-state index contributed by atoms with van der Waals surface area (Å²) in [6.45, 7) is 3.48. The largest absolute Gasteiger partial charge is 0.349 e. The molecule has 1 saturated carbocycles. The number of ketones is 1. The van der Waals surface area contributed by atoms with Gasteiger partial charge < -0.3 is 10.6 Å². The number of rotatable bonds is 7. The molecule has 0 bridgehead atoms. The van der Waals surface area contributed by atoms with Crippen LogP contribution in [-0.2, 0) is 14.8 Å². The Kier molecular flexibility index (Phi) is 6.86. The Labute approximate surface area is 199 Å². The summed E-state index contributed by atoms with van der Waals surface area (Å²) in [6.07, 6.45) is 3.74. The van der Waals surface area contributed by atoms with Crippen LogP contribution < -0.4 is 10.6 Å². The molecule has 180 valence electrons. The summed E-state index contributed by atoms with van der Waals surface area (Å²) in [5.41, 5.74) is 2.14. The van der Waals surface area contributed by atoms with Gasteiger partial charge in [0.25, 0.3) is 5.91 Å². The predicted octanol–water partition coefficient (Wildman–Crippen LogP) is 3.27. The van der Waals surface area contributed by atoms with Crippen LogP contribution in [0.15, 0.2) is 47.4 Å². The third-order valence-corrected chi connectivity index (χ3v) is 8.22. The Morgan fingerprint density at radius 3 is 2.26 bits per heavy atom. The SMILES string of the molecule is CC(=O)c1ccc(S(=O)(=O)N2CCCCC2C(=O)Nc2cc(C(=O)NC3CC3)ccc2C)cc1. The quantitative estimate of drug-likeness (QED) is 0.587. The lowest BCUT2D eigenvalue weighted by Crippen LogP contribution is -2.49. The average Bonchev–Trinajstić information content (AvgIpc) is 3.64. The van der Waals surface area contributed by atoms with Crippen LogP contribution in [0.1, 0.15) is 65.3 Å². The molecule has 2 aliphatic rings. The van der Waals surface area contributed by atoms with Crippen molar-refractivity contribution >= 4 is 33.3 Å². The third kappa shape index (κ3) is 5.20. The highest BCUT2D eigenvalue weighted by molar-refractivity contribution is 7.89. The van der Waals surface area contributed by atoms with Crippen LogP contribution in [0, 0.1) is 6.92 Å². The fourth-order valence-corrected chi connectivity index (χ4v) is 5.72. The average molecular weight is 484 g/mol. The number of nitrogens with zero attached hydrogens (tertiary/aromatic N) is 1. The van der Waals surface area contributed by atoms with Gasteiger partial charge in [-0.15, -0.1) is 0 Å². The molecule has 4 rings (SSSR count). The second kappa shape index (κ2) is 9.68. The van der Waals surface area contributed by atoms with Crippen molar-refractivity contribution in [1.82, 2.24) is 9.62 Å². The molecule has 2 fully saturated rings. The number of carbonyl (C=O) groups excluding carboxylic acids is 3. The second-order valence-electron chi connectivity index (χ2n) is 8.97. The van der Waals surface area contributed by atoms with Crippen molar-refractivity contribution < 1.29 is 22.8 Å². The third-order valence-electron chi connectivity index (χ3n) is 6.29. The van der Waals surface area contributed by atoms with E-state index in [9.17, 15) is 22.8 Å². The number of piperidine rings is 1. The van der Waals surface area contributed by atoms with E-state index in [2.05, 4.69) is 10.6 Å². The van der Waals surface area contributed by atoms with E-state index in [-0.39, 0.29) is 29.2 Å². The summed E-state index contributed by atoms with van der Waals surface area (Å²) in [5, 5.41) is 5.78. The zero-order valence-corrected chi connectivity index (χ0v) is 20.2. The van der Waals surface area contributed by atoms with E-state index in [0.717, 1.165) is 24.8 Å². The lowest BCUT2D eigenvalue weighted by atomic mass is 10.0. The lowest BCUT2D eigenvalue weighted by Gasteiger charge is -2.33. The van der Waals surface area contributed by atoms with Crippen molar-refractivity contribution in [2.24, 2.45) is 0 Å². The van der Waals surface area contributed by atoms with Crippen LogP contribution in [-0.4, -0.2) is 48.9 Å². The molecule has 1 heterocycles. The van der Waals surface area contributed by atoms with Crippen LogP contribution in [0.5, 0.6) is 0 Å². The van der Waals surface area contributed by atoms with Gasteiger partial charge in [-0.1, -0.05) is 24.6 Å². The highest BCUT2D eigenvalue weighted by Crippen LogP contribution is 2.28. The number of hydrogen-bond acceptors (Lipinski definition) is 5. The number of benzene rings is 2. The first-order valence-corrected chi connectivity index (χ1v) is 13.0. The molecule has 2 aromatic rings. The number of hydrogen-bond donors (Lipinski definition) is 2. The van der Waals surface area contributed by atoms with Crippen LogP contribution >= 0.6 is 0 Å².